The lowest BCUT2D eigenvalue weighted by molar-refractivity contribution is -0.136. The van der Waals surface area contributed by atoms with Crippen molar-refractivity contribution in [1.29, 1.82) is 0 Å². The molecule has 0 fully saturated rings. The zero-order valence-corrected chi connectivity index (χ0v) is 12.1. The molecule has 5 heteroatoms. The Bertz CT molecular complexity index is 448. The van der Waals surface area contributed by atoms with Crippen LogP contribution in [-0.4, -0.2) is 28.8 Å². The summed E-state index contributed by atoms with van der Waals surface area (Å²) in [4.78, 5) is 10.6. The first-order chi connectivity index (χ1) is 8.82. The molecule has 0 aliphatic rings. The van der Waals surface area contributed by atoms with Crippen LogP contribution in [0.25, 0.3) is 0 Å². The lowest BCUT2D eigenvalue weighted by Crippen LogP contribution is -2.41. The number of carbonyl (C=O) groups is 1. The first kappa shape index (κ1) is 16.0. The van der Waals surface area contributed by atoms with Crippen LogP contribution in [0.3, 0.4) is 0 Å². The maximum atomic E-state index is 10.6. The number of hydrogen-bond donors (Lipinski definition) is 3. The Morgan fingerprint density at radius 2 is 2.05 bits per heavy atom. The highest BCUT2D eigenvalue weighted by molar-refractivity contribution is 6.31. The van der Waals surface area contributed by atoms with Crippen molar-refractivity contribution in [2.24, 2.45) is 5.92 Å². The van der Waals surface area contributed by atoms with Gasteiger partial charge >= 0.3 is 5.97 Å². The second-order valence-corrected chi connectivity index (χ2v) is 5.41. The fourth-order valence-electron chi connectivity index (χ4n) is 1.98. The number of rotatable bonds is 6. The summed E-state index contributed by atoms with van der Waals surface area (Å²) in [5, 5.41) is 22.6. The number of benzene rings is 1. The van der Waals surface area contributed by atoms with Crippen molar-refractivity contribution in [3.63, 3.8) is 0 Å². The van der Waals surface area contributed by atoms with Crippen LogP contribution in [0.2, 0.25) is 5.02 Å². The van der Waals surface area contributed by atoms with Crippen LogP contribution in [-0.2, 0) is 4.79 Å². The Morgan fingerprint density at radius 1 is 1.42 bits per heavy atom. The van der Waals surface area contributed by atoms with Crippen molar-refractivity contribution in [2.75, 3.05) is 6.54 Å². The highest BCUT2D eigenvalue weighted by atomic mass is 35.5. The van der Waals surface area contributed by atoms with Crippen molar-refractivity contribution in [3.8, 4) is 0 Å². The standard InChI is InChI=1S/C14H20ClNO3/c1-8(2)13(16-7-12(17)18)14(19)10-4-5-11(15)9(3)6-10/h4-6,8,13-14,16,19H,7H2,1-3H3,(H,17,18). The van der Waals surface area contributed by atoms with E-state index in [4.69, 9.17) is 16.7 Å². The van der Waals surface area contributed by atoms with Gasteiger partial charge in [-0.15, -0.1) is 0 Å². The van der Waals surface area contributed by atoms with E-state index in [0.717, 1.165) is 11.1 Å². The van der Waals surface area contributed by atoms with Gasteiger partial charge in [-0.1, -0.05) is 37.6 Å². The Labute approximate surface area is 118 Å². The number of aliphatic hydroxyl groups excluding tert-OH is 1. The van der Waals surface area contributed by atoms with Crippen molar-refractivity contribution in [3.05, 3.63) is 34.3 Å². The van der Waals surface area contributed by atoms with E-state index in [1.807, 2.05) is 26.8 Å². The number of aryl methyl sites for hydroxylation is 1. The third kappa shape index (κ3) is 4.49. The molecule has 4 nitrogen and oxygen atoms in total. The number of carboxylic acid groups (broad SMARTS) is 1. The van der Waals surface area contributed by atoms with E-state index >= 15 is 0 Å². The quantitative estimate of drug-likeness (QED) is 0.750. The van der Waals surface area contributed by atoms with Gasteiger partial charge in [-0.25, -0.2) is 0 Å². The van der Waals surface area contributed by atoms with E-state index in [1.165, 1.54) is 0 Å². The molecular formula is C14H20ClNO3. The minimum atomic E-state index is -0.940. The van der Waals surface area contributed by atoms with E-state index in [9.17, 15) is 9.90 Å². The van der Waals surface area contributed by atoms with Crippen LogP contribution in [0.15, 0.2) is 18.2 Å². The average molecular weight is 286 g/mol. The summed E-state index contributed by atoms with van der Waals surface area (Å²) >= 11 is 5.96. The molecule has 1 aromatic carbocycles. The Balaban J connectivity index is 2.88. The molecule has 0 amide bonds. The molecule has 2 atom stereocenters. The predicted molar refractivity (Wildman–Crippen MR) is 75.4 cm³/mol. The molecule has 0 saturated heterocycles. The normalized spacial score (nSPS) is 14.4. The second-order valence-electron chi connectivity index (χ2n) is 5.00. The number of nitrogens with one attached hydrogen (secondary N) is 1. The molecule has 1 rings (SSSR count). The molecule has 2 unspecified atom stereocenters. The predicted octanol–water partition coefficient (Wildman–Crippen LogP) is 2.38. The van der Waals surface area contributed by atoms with Crippen LogP contribution in [0.1, 0.15) is 31.1 Å². The molecule has 0 heterocycles. The Kier molecular flexibility index (Phi) is 5.79. The Morgan fingerprint density at radius 3 is 2.53 bits per heavy atom. The molecule has 0 saturated carbocycles. The zero-order valence-electron chi connectivity index (χ0n) is 11.4. The van der Waals surface area contributed by atoms with Crippen molar-refractivity contribution < 1.29 is 15.0 Å². The van der Waals surface area contributed by atoms with Gasteiger partial charge in [0.05, 0.1) is 12.6 Å². The largest absolute Gasteiger partial charge is 0.480 e. The number of aliphatic hydroxyl groups is 1. The van der Waals surface area contributed by atoms with E-state index < -0.39 is 12.1 Å². The van der Waals surface area contributed by atoms with Gasteiger partial charge in [-0.2, -0.15) is 0 Å². The second kappa shape index (κ2) is 6.89. The van der Waals surface area contributed by atoms with Gasteiger partial charge in [0.1, 0.15) is 0 Å². The van der Waals surface area contributed by atoms with Crippen molar-refractivity contribution in [1.82, 2.24) is 5.32 Å². The molecule has 0 spiro atoms. The summed E-state index contributed by atoms with van der Waals surface area (Å²) in [5.41, 5.74) is 1.62. The van der Waals surface area contributed by atoms with Crippen LogP contribution >= 0.6 is 11.6 Å². The van der Waals surface area contributed by atoms with E-state index in [-0.39, 0.29) is 18.5 Å². The van der Waals surface area contributed by atoms with Gasteiger partial charge in [-0.3, -0.25) is 4.79 Å². The van der Waals surface area contributed by atoms with Gasteiger partial charge in [-0.05, 0) is 30.0 Å². The summed E-state index contributed by atoms with van der Waals surface area (Å²) in [6.07, 6.45) is -0.768. The minimum Gasteiger partial charge on any atom is -0.480 e. The molecule has 0 radical (unpaired) electrons. The molecule has 3 N–H and O–H groups in total. The summed E-state index contributed by atoms with van der Waals surface area (Å²) in [7, 11) is 0. The fraction of sp³-hybridized carbons (Fsp3) is 0.500. The summed E-state index contributed by atoms with van der Waals surface area (Å²) in [6, 6.07) is 5.00. The van der Waals surface area contributed by atoms with E-state index in [1.54, 1.807) is 12.1 Å². The molecule has 0 bridgehead atoms. The SMILES string of the molecule is Cc1cc(C(O)C(NCC(=O)O)C(C)C)ccc1Cl. The molecule has 1 aromatic rings. The van der Waals surface area contributed by atoms with E-state index in [0.29, 0.717) is 5.02 Å². The summed E-state index contributed by atoms with van der Waals surface area (Å²) in [6.45, 7) is 5.57. The average Bonchev–Trinajstić information content (AvgIpc) is 2.31. The lowest BCUT2D eigenvalue weighted by atomic mass is 9.92. The van der Waals surface area contributed by atoms with Gasteiger partial charge in [0.15, 0.2) is 0 Å². The number of aliphatic carboxylic acids is 1. The zero-order chi connectivity index (χ0) is 14.6. The highest BCUT2D eigenvalue weighted by Gasteiger charge is 2.24. The van der Waals surface area contributed by atoms with Crippen LogP contribution < -0.4 is 5.32 Å². The third-order valence-electron chi connectivity index (χ3n) is 3.07. The van der Waals surface area contributed by atoms with Gasteiger partial charge in [0.2, 0.25) is 0 Å². The van der Waals surface area contributed by atoms with Gasteiger partial charge in [0, 0.05) is 11.1 Å². The monoisotopic (exact) mass is 285 g/mol. The molecule has 0 aromatic heterocycles. The van der Waals surface area contributed by atoms with Crippen molar-refractivity contribution >= 4 is 17.6 Å². The maximum Gasteiger partial charge on any atom is 0.317 e. The number of halogens is 1. The molecular weight excluding hydrogens is 266 g/mol. The van der Waals surface area contributed by atoms with Crippen LogP contribution in [0.4, 0.5) is 0 Å². The Hall–Kier alpha value is -1.10. The van der Waals surface area contributed by atoms with Crippen LogP contribution in [0, 0.1) is 12.8 Å². The first-order valence-corrected chi connectivity index (χ1v) is 6.60. The lowest BCUT2D eigenvalue weighted by Gasteiger charge is -2.27. The minimum absolute atomic E-state index is 0.102. The highest BCUT2D eigenvalue weighted by Crippen LogP contribution is 2.25. The van der Waals surface area contributed by atoms with E-state index in [2.05, 4.69) is 5.32 Å². The summed E-state index contributed by atoms with van der Waals surface area (Å²) < 4.78 is 0. The number of hydrogen-bond acceptors (Lipinski definition) is 3. The maximum absolute atomic E-state index is 10.6. The third-order valence-corrected chi connectivity index (χ3v) is 3.49. The fourth-order valence-corrected chi connectivity index (χ4v) is 2.09. The van der Waals surface area contributed by atoms with Crippen molar-refractivity contribution in [2.45, 2.75) is 32.9 Å². The molecule has 19 heavy (non-hydrogen) atoms. The first-order valence-electron chi connectivity index (χ1n) is 6.22. The number of carboxylic acids is 1. The molecule has 106 valence electrons. The molecule has 0 aliphatic heterocycles. The topological polar surface area (TPSA) is 69.6 Å². The van der Waals surface area contributed by atoms with Gasteiger partial charge < -0.3 is 15.5 Å². The van der Waals surface area contributed by atoms with Gasteiger partial charge in [0.25, 0.3) is 0 Å². The molecule has 0 aliphatic carbocycles. The summed E-state index contributed by atoms with van der Waals surface area (Å²) in [5.74, 6) is -0.838. The van der Waals surface area contributed by atoms with Crippen LogP contribution in [0.5, 0.6) is 0 Å². The smallest absolute Gasteiger partial charge is 0.317 e.